The molecule has 1 aliphatic heterocycles. The SMILES string of the molecule is Nc1ncc(-c2ccc(CO)cc2)cc1C(=O)N[C@@H]1CCN(C(=O)c2ccc(-c3ccccc3)cc2)C1. The Bertz CT molecular complexity index is 1400. The Balaban J connectivity index is 1.23. The minimum atomic E-state index is -0.314. The first kappa shape index (κ1) is 24.2. The van der Waals surface area contributed by atoms with Gasteiger partial charge in [-0.1, -0.05) is 66.7 Å². The van der Waals surface area contributed by atoms with Crippen molar-refractivity contribution in [2.24, 2.45) is 0 Å². The van der Waals surface area contributed by atoms with Crippen molar-refractivity contribution in [3.05, 3.63) is 108 Å². The molecule has 1 fully saturated rings. The second-order valence-electron chi connectivity index (χ2n) is 9.17. The summed E-state index contributed by atoms with van der Waals surface area (Å²) >= 11 is 0. The number of hydrogen-bond donors (Lipinski definition) is 3. The third-order valence-corrected chi connectivity index (χ3v) is 6.68. The molecule has 1 atom stereocenters. The van der Waals surface area contributed by atoms with Gasteiger partial charge in [0.05, 0.1) is 12.2 Å². The Morgan fingerprint density at radius 1 is 0.919 bits per heavy atom. The molecule has 2 heterocycles. The summed E-state index contributed by atoms with van der Waals surface area (Å²) in [6.45, 7) is 0.962. The summed E-state index contributed by atoms with van der Waals surface area (Å²) in [7, 11) is 0. The van der Waals surface area contributed by atoms with E-state index in [1.807, 2.05) is 78.9 Å². The van der Waals surface area contributed by atoms with Gasteiger partial charge in [0.15, 0.2) is 0 Å². The molecule has 4 aromatic rings. The first-order valence-electron chi connectivity index (χ1n) is 12.2. The Morgan fingerprint density at radius 3 is 2.27 bits per heavy atom. The van der Waals surface area contributed by atoms with Crippen LogP contribution in [0.15, 0.2) is 91.1 Å². The van der Waals surface area contributed by atoms with Crippen molar-refractivity contribution >= 4 is 17.6 Å². The van der Waals surface area contributed by atoms with E-state index < -0.39 is 0 Å². The molecule has 1 saturated heterocycles. The molecule has 0 saturated carbocycles. The fourth-order valence-electron chi connectivity index (χ4n) is 4.56. The van der Waals surface area contributed by atoms with Crippen LogP contribution in [0.4, 0.5) is 5.82 Å². The second-order valence-corrected chi connectivity index (χ2v) is 9.17. The van der Waals surface area contributed by atoms with Crippen LogP contribution < -0.4 is 11.1 Å². The van der Waals surface area contributed by atoms with Gasteiger partial charge < -0.3 is 21.1 Å². The molecule has 5 rings (SSSR count). The number of likely N-dealkylation sites (tertiary alicyclic amines) is 1. The minimum absolute atomic E-state index is 0.0339. The number of benzene rings is 3. The van der Waals surface area contributed by atoms with Crippen LogP contribution in [0, 0.1) is 0 Å². The van der Waals surface area contributed by atoms with Crippen molar-refractivity contribution in [3.63, 3.8) is 0 Å². The molecule has 0 radical (unpaired) electrons. The van der Waals surface area contributed by atoms with E-state index in [0.717, 1.165) is 27.8 Å². The van der Waals surface area contributed by atoms with Gasteiger partial charge in [0.25, 0.3) is 11.8 Å². The molecular formula is C30H28N4O3. The zero-order valence-electron chi connectivity index (χ0n) is 20.3. The van der Waals surface area contributed by atoms with Gasteiger partial charge in [-0.3, -0.25) is 9.59 Å². The van der Waals surface area contributed by atoms with E-state index in [1.54, 1.807) is 17.2 Å². The number of aliphatic hydroxyl groups excluding tert-OH is 1. The van der Waals surface area contributed by atoms with E-state index in [-0.39, 0.29) is 30.3 Å². The summed E-state index contributed by atoms with van der Waals surface area (Å²) in [5, 5.41) is 12.3. The zero-order chi connectivity index (χ0) is 25.8. The van der Waals surface area contributed by atoms with Crippen LogP contribution in [0.5, 0.6) is 0 Å². The summed E-state index contributed by atoms with van der Waals surface area (Å²) in [4.78, 5) is 32.1. The van der Waals surface area contributed by atoms with E-state index >= 15 is 0 Å². The van der Waals surface area contributed by atoms with E-state index in [4.69, 9.17) is 5.73 Å². The van der Waals surface area contributed by atoms with Gasteiger partial charge in [0, 0.05) is 36.5 Å². The summed E-state index contributed by atoms with van der Waals surface area (Å²) in [5.41, 5.74) is 11.5. The molecule has 7 nitrogen and oxygen atoms in total. The van der Waals surface area contributed by atoms with Crippen LogP contribution in [0.2, 0.25) is 0 Å². The van der Waals surface area contributed by atoms with E-state index in [9.17, 15) is 14.7 Å². The van der Waals surface area contributed by atoms with E-state index in [1.165, 1.54) is 0 Å². The van der Waals surface area contributed by atoms with Gasteiger partial charge in [-0.25, -0.2) is 4.98 Å². The predicted molar refractivity (Wildman–Crippen MR) is 144 cm³/mol. The number of pyridine rings is 1. The molecule has 2 amide bonds. The highest BCUT2D eigenvalue weighted by molar-refractivity contribution is 6.00. The van der Waals surface area contributed by atoms with Crippen LogP contribution in [0.1, 0.15) is 32.7 Å². The van der Waals surface area contributed by atoms with Gasteiger partial charge in [-0.05, 0) is 46.9 Å². The fourth-order valence-corrected chi connectivity index (χ4v) is 4.56. The number of rotatable bonds is 6. The van der Waals surface area contributed by atoms with Crippen molar-refractivity contribution in [2.45, 2.75) is 19.1 Å². The average Bonchev–Trinajstić information content (AvgIpc) is 3.42. The van der Waals surface area contributed by atoms with Crippen molar-refractivity contribution in [2.75, 3.05) is 18.8 Å². The number of carbonyl (C=O) groups is 2. The van der Waals surface area contributed by atoms with E-state index in [0.29, 0.717) is 30.6 Å². The highest BCUT2D eigenvalue weighted by Crippen LogP contribution is 2.24. The quantitative estimate of drug-likeness (QED) is 0.375. The minimum Gasteiger partial charge on any atom is -0.392 e. The lowest BCUT2D eigenvalue weighted by molar-refractivity contribution is 0.0783. The smallest absolute Gasteiger partial charge is 0.255 e. The lowest BCUT2D eigenvalue weighted by atomic mass is 10.0. The standard InChI is InChI=1S/C30H28N4O3/c31-28-27(16-25(17-32-28)23-8-6-20(19-35)7-9-23)29(36)33-26-14-15-34(18-26)30(37)24-12-10-22(11-13-24)21-4-2-1-3-5-21/h1-13,16-17,26,35H,14-15,18-19H2,(H2,31,32)(H,33,36)/t26-/m1/s1. The molecule has 0 spiro atoms. The largest absolute Gasteiger partial charge is 0.392 e. The first-order chi connectivity index (χ1) is 18.0. The van der Waals surface area contributed by atoms with Crippen molar-refractivity contribution in [3.8, 4) is 22.3 Å². The first-order valence-corrected chi connectivity index (χ1v) is 12.2. The lowest BCUT2D eigenvalue weighted by Crippen LogP contribution is -2.38. The number of aromatic nitrogens is 1. The number of nitrogens with two attached hydrogens (primary N) is 1. The monoisotopic (exact) mass is 492 g/mol. The van der Waals surface area contributed by atoms with Crippen LogP contribution in [-0.4, -0.2) is 45.9 Å². The number of anilines is 1. The summed E-state index contributed by atoms with van der Waals surface area (Å²) in [6.07, 6.45) is 2.29. The summed E-state index contributed by atoms with van der Waals surface area (Å²) < 4.78 is 0. The van der Waals surface area contributed by atoms with Gasteiger partial charge in [-0.15, -0.1) is 0 Å². The molecule has 186 valence electrons. The van der Waals surface area contributed by atoms with Crippen LogP contribution in [0.25, 0.3) is 22.3 Å². The normalized spacial score (nSPS) is 14.9. The maximum absolute atomic E-state index is 13.1. The second kappa shape index (κ2) is 10.6. The third-order valence-electron chi connectivity index (χ3n) is 6.68. The number of nitrogen functional groups attached to an aromatic ring is 1. The summed E-state index contributed by atoms with van der Waals surface area (Å²) in [6, 6.07) is 26.6. The number of amides is 2. The molecule has 7 heteroatoms. The molecule has 0 bridgehead atoms. The molecule has 1 aromatic heterocycles. The van der Waals surface area contributed by atoms with Gasteiger partial charge in [-0.2, -0.15) is 0 Å². The molecule has 1 aliphatic rings. The van der Waals surface area contributed by atoms with Gasteiger partial charge in [0.1, 0.15) is 5.82 Å². The van der Waals surface area contributed by atoms with Crippen molar-refractivity contribution in [1.29, 1.82) is 0 Å². The van der Waals surface area contributed by atoms with Crippen molar-refractivity contribution < 1.29 is 14.7 Å². The lowest BCUT2D eigenvalue weighted by Gasteiger charge is -2.18. The molecule has 3 aromatic carbocycles. The average molecular weight is 493 g/mol. The molecule has 0 unspecified atom stereocenters. The zero-order valence-corrected chi connectivity index (χ0v) is 20.3. The number of carbonyl (C=O) groups excluding carboxylic acids is 2. The molecule has 0 aliphatic carbocycles. The van der Waals surface area contributed by atoms with Crippen LogP contribution in [0.3, 0.4) is 0 Å². The molecule has 4 N–H and O–H groups in total. The molecular weight excluding hydrogens is 464 g/mol. The molecule has 37 heavy (non-hydrogen) atoms. The Labute approximate surface area is 215 Å². The summed E-state index contributed by atoms with van der Waals surface area (Å²) in [5.74, 6) is -0.214. The number of aliphatic hydroxyl groups is 1. The van der Waals surface area contributed by atoms with Gasteiger partial charge >= 0.3 is 0 Å². The third kappa shape index (κ3) is 5.37. The van der Waals surface area contributed by atoms with Crippen LogP contribution in [-0.2, 0) is 6.61 Å². The Hall–Kier alpha value is -4.49. The maximum Gasteiger partial charge on any atom is 0.255 e. The number of nitrogens with zero attached hydrogens (tertiary/aromatic N) is 2. The highest BCUT2D eigenvalue weighted by atomic mass is 16.3. The number of hydrogen-bond acceptors (Lipinski definition) is 5. The van der Waals surface area contributed by atoms with Crippen LogP contribution >= 0.6 is 0 Å². The highest BCUT2D eigenvalue weighted by Gasteiger charge is 2.29. The fraction of sp³-hybridized carbons (Fsp3) is 0.167. The van der Waals surface area contributed by atoms with E-state index in [2.05, 4.69) is 10.3 Å². The Morgan fingerprint density at radius 2 is 1.57 bits per heavy atom. The topological polar surface area (TPSA) is 109 Å². The Kier molecular flexibility index (Phi) is 6.96. The van der Waals surface area contributed by atoms with Crippen molar-refractivity contribution in [1.82, 2.24) is 15.2 Å². The predicted octanol–water partition coefficient (Wildman–Crippen LogP) is 4.13. The number of nitrogens with one attached hydrogen (secondary N) is 1. The maximum atomic E-state index is 13.1. The van der Waals surface area contributed by atoms with Gasteiger partial charge in [0.2, 0.25) is 0 Å².